The first-order chi connectivity index (χ1) is 15.6. The van der Waals surface area contributed by atoms with E-state index in [-0.39, 0.29) is 32.7 Å². The number of benzene rings is 2. The molecule has 0 fully saturated rings. The number of carbonyl (C=O) groups is 1. The van der Waals surface area contributed by atoms with Crippen molar-refractivity contribution >= 4 is 50.3 Å². The molecule has 0 bridgehead atoms. The van der Waals surface area contributed by atoms with Gasteiger partial charge in [0.2, 0.25) is 10.0 Å². The van der Waals surface area contributed by atoms with Crippen LogP contribution in [0, 0.1) is 0 Å². The van der Waals surface area contributed by atoms with Crippen molar-refractivity contribution in [2.75, 3.05) is 13.2 Å². The van der Waals surface area contributed by atoms with Gasteiger partial charge in [-0.15, -0.1) is 11.3 Å². The summed E-state index contributed by atoms with van der Waals surface area (Å²) in [4.78, 5) is 17.0. The van der Waals surface area contributed by atoms with Crippen LogP contribution in [0.4, 0.5) is 0 Å². The molecule has 176 valence electrons. The highest BCUT2D eigenvalue weighted by molar-refractivity contribution is 7.89. The second kappa shape index (κ2) is 10.8. The summed E-state index contributed by atoms with van der Waals surface area (Å²) in [6.45, 7) is 4.85. The third kappa shape index (κ3) is 6.24. The van der Waals surface area contributed by atoms with Crippen LogP contribution in [0.5, 0.6) is 11.5 Å². The van der Waals surface area contributed by atoms with E-state index in [9.17, 15) is 13.2 Å². The van der Waals surface area contributed by atoms with E-state index in [0.29, 0.717) is 31.1 Å². The van der Waals surface area contributed by atoms with E-state index in [2.05, 4.69) is 4.98 Å². The lowest BCUT2D eigenvalue weighted by Crippen LogP contribution is -2.14. The molecule has 0 spiro atoms. The van der Waals surface area contributed by atoms with Gasteiger partial charge < -0.3 is 9.47 Å². The molecule has 0 aliphatic rings. The normalized spacial score (nSPS) is 11.4. The molecule has 0 aliphatic carbocycles. The van der Waals surface area contributed by atoms with Crippen molar-refractivity contribution in [1.82, 2.24) is 4.98 Å². The van der Waals surface area contributed by atoms with Gasteiger partial charge in [0, 0.05) is 22.9 Å². The third-order valence-electron chi connectivity index (χ3n) is 4.58. The Hall–Kier alpha value is -2.17. The number of halogens is 2. The Morgan fingerprint density at radius 2 is 1.76 bits per heavy atom. The maximum atomic E-state index is 12.7. The van der Waals surface area contributed by atoms with Crippen LogP contribution in [-0.2, 0) is 16.4 Å². The molecule has 1 heterocycles. The molecule has 0 radical (unpaired) electrons. The van der Waals surface area contributed by atoms with Crippen molar-refractivity contribution in [3.05, 3.63) is 57.0 Å². The number of nitrogens with two attached hydrogens (primary N) is 1. The van der Waals surface area contributed by atoms with E-state index < -0.39 is 10.0 Å². The largest absolute Gasteiger partial charge is 0.490 e. The fourth-order valence-corrected chi connectivity index (χ4v) is 5.35. The van der Waals surface area contributed by atoms with Crippen LogP contribution in [-0.4, -0.2) is 32.4 Å². The lowest BCUT2D eigenvalue weighted by Gasteiger charge is -2.11. The smallest absolute Gasteiger partial charge is 0.239 e. The van der Waals surface area contributed by atoms with E-state index in [1.807, 2.05) is 37.4 Å². The number of ether oxygens (including phenoxy) is 2. The van der Waals surface area contributed by atoms with Gasteiger partial charge in [0.05, 0.1) is 29.0 Å². The minimum Gasteiger partial charge on any atom is -0.490 e. The molecule has 3 rings (SSSR count). The number of hydrogen-bond donors (Lipinski definition) is 1. The number of nitrogens with zero attached hydrogens (tertiary/aromatic N) is 1. The van der Waals surface area contributed by atoms with Gasteiger partial charge in [-0.1, -0.05) is 23.2 Å². The second-order valence-electron chi connectivity index (χ2n) is 6.90. The number of primary sulfonamides is 1. The minimum atomic E-state index is -4.09. The highest BCUT2D eigenvalue weighted by Gasteiger charge is 2.20. The predicted molar refractivity (Wildman–Crippen MR) is 130 cm³/mol. The maximum absolute atomic E-state index is 12.7. The summed E-state index contributed by atoms with van der Waals surface area (Å²) in [5, 5.41) is 7.75. The fraction of sp³-hybridized carbons (Fsp3) is 0.273. The quantitative estimate of drug-likeness (QED) is 0.354. The number of aryl methyl sites for hydroxylation is 1. The van der Waals surface area contributed by atoms with Crippen LogP contribution in [0.2, 0.25) is 10.0 Å². The number of Topliss-reactive ketones (excluding diaryl/α,β-unsaturated/α-hetero) is 1. The molecule has 1 aromatic heterocycles. The van der Waals surface area contributed by atoms with Crippen LogP contribution in [0.15, 0.2) is 40.6 Å². The zero-order chi connectivity index (χ0) is 24.2. The number of aromatic nitrogens is 1. The summed E-state index contributed by atoms with van der Waals surface area (Å²) in [5.74, 6) is 0.979. The maximum Gasteiger partial charge on any atom is 0.239 e. The number of thiazole rings is 1. The molecule has 0 amide bonds. The third-order valence-corrected chi connectivity index (χ3v) is 7.21. The number of sulfonamides is 1. The van der Waals surface area contributed by atoms with Gasteiger partial charge in [-0.05, 0) is 50.6 Å². The van der Waals surface area contributed by atoms with Crippen LogP contribution in [0.1, 0.15) is 36.3 Å². The van der Waals surface area contributed by atoms with E-state index >= 15 is 0 Å². The van der Waals surface area contributed by atoms with E-state index in [0.717, 1.165) is 22.3 Å². The Kier molecular flexibility index (Phi) is 8.36. The Bertz CT molecular complexity index is 1280. The lowest BCUT2D eigenvalue weighted by molar-refractivity contribution is 0.0982. The first-order valence-electron chi connectivity index (χ1n) is 10.0. The molecule has 0 aliphatic heterocycles. The fourth-order valence-electron chi connectivity index (χ4n) is 3.08. The van der Waals surface area contributed by atoms with Gasteiger partial charge in [-0.3, -0.25) is 4.79 Å². The van der Waals surface area contributed by atoms with Crippen molar-refractivity contribution in [1.29, 1.82) is 0 Å². The topological polar surface area (TPSA) is 109 Å². The molecule has 7 nitrogen and oxygen atoms in total. The van der Waals surface area contributed by atoms with Gasteiger partial charge in [-0.2, -0.15) is 0 Å². The van der Waals surface area contributed by atoms with Crippen LogP contribution >= 0.6 is 34.5 Å². The highest BCUT2D eigenvalue weighted by Crippen LogP contribution is 2.34. The van der Waals surface area contributed by atoms with Gasteiger partial charge in [0.25, 0.3) is 0 Å². The average molecular weight is 529 g/mol. The average Bonchev–Trinajstić information content (AvgIpc) is 3.22. The van der Waals surface area contributed by atoms with E-state index in [1.54, 1.807) is 0 Å². The van der Waals surface area contributed by atoms with Crippen LogP contribution in [0.3, 0.4) is 0 Å². The van der Waals surface area contributed by atoms with Crippen molar-refractivity contribution in [2.24, 2.45) is 5.14 Å². The second-order valence-corrected chi connectivity index (χ2v) is 10.1. The summed E-state index contributed by atoms with van der Waals surface area (Å²) in [6.07, 6.45) is 0.441. The molecule has 0 unspecified atom stereocenters. The molecule has 0 atom stereocenters. The monoisotopic (exact) mass is 528 g/mol. The van der Waals surface area contributed by atoms with E-state index in [4.69, 9.17) is 37.8 Å². The zero-order valence-corrected chi connectivity index (χ0v) is 21.1. The Balaban J connectivity index is 1.76. The molecule has 3 aromatic rings. The summed E-state index contributed by atoms with van der Waals surface area (Å²) in [5.41, 5.74) is 1.66. The summed E-state index contributed by atoms with van der Waals surface area (Å²) >= 11 is 13.5. The van der Waals surface area contributed by atoms with Crippen molar-refractivity contribution in [3.63, 3.8) is 0 Å². The first-order valence-corrected chi connectivity index (χ1v) is 13.2. The van der Waals surface area contributed by atoms with Gasteiger partial charge in [0.15, 0.2) is 17.3 Å². The SMILES string of the molecule is CCOc1ccc(-c2nc(CCC(=O)c3cc(S(N)(=O)=O)c(Cl)cc3Cl)cs2)cc1OCC. The minimum absolute atomic E-state index is 0.0495. The number of hydrogen-bond acceptors (Lipinski definition) is 7. The molecule has 0 saturated carbocycles. The molecular weight excluding hydrogens is 507 g/mol. The van der Waals surface area contributed by atoms with Crippen molar-refractivity contribution in [3.8, 4) is 22.1 Å². The van der Waals surface area contributed by atoms with Crippen LogP contribution in [0.25, 0.3) is 10.6 Å². The Labute approximate surface area is 206 Å². The lowest BCUT2D eigenvalue weighted by atomic mass is 10.1. The Morgan fingerprint density at radius 3 is 2.42 bits per heavy atom. The number of rotatable bonds is 10. The zero-order valence-electron chi connectivity index (χ0n) is 17.9. The van der Waals surface area contributed by atoms with Crippen LogP contribution < -0.4 is 14.6 Å². The van der Waals surface area contributed by atoms with Gasteiger partial charge in [0.1, 0.15) is 9.90 Å². The van der Waals surface area contributed by atoms with E-state index in [1.165, 1.54) is 17.4 Å². The highest BCUT2D eigenvalue weighted by atomic mass is 35.5. The molecule has 0 saturated heterocycles. The van der Waals surface area contributed by atoms with Gasteiger partial charge >= 0.3 is 0 Å². The summed E-state index contributed by atoms with van der Waals surface area (Å²) < 4.78 is 34.7. The Morgan fingerprint density at radius 1 is 1.06 bits per heavy atom. The summed E-state index contributed by atoms with van der Waals surface area (Å²) in [6, 6.07) is 7.96. The standard InChI is InChI=1S/C22H22Cl2N2O5S2/c1-3-30-19-8-5-13(9-20(19)31-4-2)22-26-14(12-32-22)6-7-18(27)15-10-21(33(25,28)29)17(24)11-16(15)23/h5,8-12H,3-4,6-7H2,1-2H3,(H2,25,28,29). The first kappa shape index (κ1) is 25.5. The summed E-state index contributed by atoms with van der Waals surface area (Å²) in [7, 11) is -4.09. The predicted octanol–water partition coefficient (Wildman–Crippen LogP) is 5.38. The van der Waals surface area contributed by atoms with Crippen molar-refractivity contribution < 1.29 is 22.7 Å². The molecule has 11 heteroatoms. The molecular formula is C22H22Cl2N2O5S2. The van der Waals surface area contributed by atoms with Crippen molar-refractivity contribution in [2.45, 2.75) is 31.6 Å². The molecule has 33 heavy (non-hydrogen) atoms. The number of ketones is 1. The van der Waals surface area contributed by atoms with Gasteiger partial charge in [-0.25, -0.2) is 18.5 Å². The molecule has 2 aromatic carbocycles. The number of carbonyl (C=O) groups excluding carboxylic acids is 1. The molecule has 2 N–H and O–H groups in total.